The summed E-state index contributed by atoms with van der Waals surface area (Å²) in [5.74, 6) is 0. The molecule has 0 aliphatic rings. The Morgan fingerprint density at radius 3 is 1.93 bits per heavy atom. The first kappa shape index (κ1) is 27.4. The number of ether oxygens (including phenoxy) is 1. The topological polar surface area (TPSA) is 12.5 Å². The summed E-state index contributed by atoms with van der Waals surface area (Å²) < 4.78 is 5.85. The minimum Gasteiger partial charge on any atom is -0.378 e. The summed E-state index contributed by atoms with van der Waals surface area (Å²) in [7, 11) is 0. The molecule has 0 bridgehead atoms. The van der Waals surface area contributed by atoms with Crippen molar-refractivity contribution < 1.29 is 4.74 Å². The van der Waals surface area contributed by atoms with Gasteiger partial charge in [0.15, 0.2) is 0 Å². The molecule has 0 aromatic rings. The average Bonchev–Trinajstić information content (AvgIpc) is 2.71. The monoisotopic (exact) mass is 392 g/mol. The van der Waals surface area contributed by atoms with Crippen LogP contribution < -0.4 is 0 Å². The Labute approximate surface area is 177 Å². The molecule has 28 heavy (non-hydrogen) atoms. The molecule has 165 valence electrons. The number of allylic oxidation sites excluding steroid dienone is 4. The van der Waals surface area contributed by atoms with Crippen molar-refractivity contribution in [3.05, 3.63) is 31.2 Å². The normalized spacial score (nSPS) is 13.3. The minimum atomic E-state index is 0.151. The first-order chi connectivity index (χ1) is 13.7. The third-order valence-corrected chi connectivity index (χ3v) is 5.36. The highest BCUT2D eigenvalue weighted by atomic mass is 16.5. The summed E-state index contributed by atoms with van der Waals surface area (Å²) in [6.07, 6.45) is 26.0. The molecule has 1 unspecified atom stereocenters. The van der Waals surface area contributed by atoms with Crippen molar-refractivity contribution >= 4 is 0 Å². The SMILES string of the molecule is [CH2]C(CCN(CC)CC)OCCCCCCCC/C=C\C/C=C\CCCCC. The predicted octanol–water partition coefficient (Wildman–Crippen LogP) is 7.75. The van der Waals surface area contributed by atoms with Crippen molar-refractivity contribution in [1.82, 2.24) is 4.90 Å². The van der Waals surface area contributed by atoms with Crippen molar-refractivity contribution in [2.75, 3.05) is 26.2 Å². The molecule has 2 heteroatoms. The smallest absolute Gasteiger partial charge is 0.0588 e. The van der Waals surface area contributed by atoms with Crippen LogP contribution in [0.3, 0.4) is 0 Å². The molecule has 0 spiro atoms. The van der Waals surface area contributed by atoms with Gasteiger partial charge < -0.3 is 9.64 Å². The summed E-state index contributed by atoms with van der Waals surface area (Å²) in [5, 5.41) is 0. The Hall–Kier alpha value is -0.600. The van der Waals surface area contributed by atoms with Crippen LogP contribution in [0.5, 0.6) is 0 Å². The molecule has 0 saturated heterocycles. The molecule has 0 aromatic heterocycles. The summed E-state index contributed by atoms with van der Waals surface area (Å²) in [6.45, 7) is 15.0. The quantitative estimate of drug-likeness (QED) is 0.146. The Bertz CT molecular complexity index is 346. The molecular weight excluding hydrogens is 342 g/mol. The van der Waals surface area contributed by atoms with E-state index in [1.54, 1.807) is 0 Å². The van der Waals surface area contributed by atoms with Gasteiger partial charge in [-0.15, -0.1) is 0 Å². The van der Waals surface area contributed by atoms with Gasteiger partial charge in [0.1, 0.15) is 0 Å². The highest BCUT2D eigenvalue weighted by molar-refractivity contribution is 4.92. The van der Waals surface area contributed by atoms with E-state index < -0.39 is 0 Å². The highest BCUT2D eigenvalue weighted by Crippen LogP contribution is 2.09. The van der Waals surface area contributed by atoms with Crippen molar-refractivity contribution in [1.29, 1.82) is 0 Å². The molecular formula is C26H50NO. The standard InChI is InChI=1S/C26H50NO/c1-5-8-9-10-11-12-13-14-15-16-17-18-19-20-21-22-25-28-26(4)23-24-27(6-2)7-3/h11-12,14-15,26H,4-10,13,16-25H2,1-3H3/b12-11-,15-14-. The van der Waals surface area contributed by atoms with Crippen LogP contribution in [0.2, 0.25) is 0 Å². The molecule has 0 fully saturated rings. The molecule has 0 amide bonds. The van der Waals surface area contributed by atoms with Crippen LogP contribution in [0.4, 0.5) is 0 Å². The number of hydrogen-bond acceptors (Lipinski definition) is 2. The second-order valence-electron chi connectivity index (χ2n) is 7.89. The van der Waals surface area contributed by atoms with Crippen molar-refractivity contribution in [3.8, 4) is 0 Å². The van der Waals surface area contributed by atoms with Crippen molar-refractivity contribution in [3.63, 3.8) is 0 Å². The maximum absolute atomic E-state index is 5.85. The van der Waals surface area contributed by atoms with Gasteiger partial charge in [-0.05, 0) is 65.0 Å². The molecule has 0 aliphatic carbocycles. The van der Waals surface area contributed by atoms with E-state index in [1.807, 2.05) is 0 Å². The molecule has 2 nitrogen and oxygen atoms in total. The van der Waals surface area contributed by atoms with E-state index in [0.29, 0.717) is 0 Å². The van der Waals surface area contributed by atoms with E-state index in [-0.39, 0.29) is 6.10 Å². The van der Waals surface area contributed by atoms with E-state index in [1.165, 1.54) is 70.6 Å². The molecule has 0 N–H and O–H groups in total. The average molecular weight is 393 g/mol. The number of hydrogen-bond donors (Lipinski definition) is 0. The molecule has 0 aliphatic heterocycles. The third kappa shape index (κ3) is 20.1. The molecule has 1 atom stereocenters. The van der Waals surface area contributed by atoms with Gasteiger partial charge in [0, 0.05) is 13.2 Å². The lowest BCUT2D eigenvalue weighted by molar-refractivity contribution is 0.0668. The Balaban J connectivity index is 3.30. The van der Waals surface area contributed by atoms with Crippen LogP contribution >= 0.6 is 0 Å². The number of unbranched alkanes of at least 4 members (excludes halogenated alkanes) is 9. The first-order valence-corrected chi connectivity index (χ1v) is 12.2. The Morgan fingerprint density at radius 2 is 1.32 bits per heavy atom. The third-order valence-electron chi connectivity index (χ3n) is 5.36. The van der Waals surface area contributed by atoms with Gasteiger partial charge in [0.05, 0.1) is 6.10 Å². The maximum Gasteiger partial charge on any atom is 0.0588 e. The van der Waals surface area contributed by atoms with Crippen LogP contribution in [0.1, 0.15) is 104 Å². The largest absolute Gasteiger partial charge is 0.378 e. The van der Waals surface area contributed by atoms with Gasteiger partial charge in [-0.2, -0.15) is 0 Å². The lowest BCUT2D eigenvalue weighted by Gasteiger charge is -2.20. The maximum atomic E-state index is 5.85. The van der Waals surface area contributed by atoms with Crippen LogP contribution in [0, 0.1) is 6.92 Å². The Morgan fingerprint density at radius 1 is 0.750 bits per heavy atom. The van der Waals surface area contributed by atoms with E-state index in [4.69, 9.17) is 4.74 Å². The van der Waals surface area contributed by atoms with Crippen molar-refractivity contribution in [2.24, 2.45) is 0 Å². The zero-order chi connectivity index (χ0) is 20.7. The zero-order valence-electron chi connectivity index (χ0n) is 19.5. The predicted molar refractivity (Wildman–Crippen MR) is 127 cm³/mol. The Kier molecular flexibility index (Phi) is 22.2. The second-order valence-corrected chi connectivity index (χ2v) is 7.89. The van der Waals surface area contributed by atoms with Gasteiger partial charge in [0.2, 0.25) is 0 Å². The van der Waals surface area contributed by atoms with Crippen LogP contribution in [-0.4, -0.2) is 37.2 Å². The summed E-state index contributed by atoms with van der Waals surface area (Å²) in [6, 6.07) is 0. The van der Waals surface area contributed by atoms with E-state index in [9.17, 15) is 0 Å². The van der Waals surface area contributed by atoms with Crippen LogP contribution in [0.25, 0.3) is 0 Å². The lowest BCUT2D eigenvalue weighted by atomic mass is 10.1. The fourth-order valence-electron chi connectivity index (χ4n) is 3.29. The summed E-state index contributed by atoms with van der Waals surface area (Å²) in [5.41, 5.74) is 0. The van der Waals surface area contributed by atoms with E-state index in [2.05, 4.69) is 56.9 Å². The van der Waals surface area contributed by atoms with Gasteiger partial charge in [-0.25, -0.2) is 0 Å². The molecule has 0 rings (SSSR count). The summed E-state index contributed by atoms with van der Waals surface area (Å²) in [4.78, 5) is 2.43. The lowest BCUT2D eigenvalue weighted by Crippen LogP contribution is -2.27. The van der Waals surface area contributed by atoms with Crippen LogP contribution in [0.15, 0.2) is 24.3 Å². The highest BCUT2D eigenvalue weighted by Gasteiger charge is 2.05. The minimum absolute atomic E-state index is 0.151. The number of rotatable bonds is 21. The van der Waals surface area contributed by atoms with Crippen LogP contribution in [-0.2, 0) is 4.74 Å². The second kappa shape index (κ2) is 22.7. The van der Waals surface area contributed by atoms with Gasteiger partial charge >= 0.3 is 0 Å². The van der Waals surface area contributed by atoms with Crippen molar-refractivity contribution in [2.45, 2.75) is 110 Å². The zero-order valence-corrected chi connectivity index (χ0v) is 19.5. The summed E-state index contributed by atoms with van der Waals surface area (Å²) >= 11 is 0. The van der Waals surface area contributed by atoms with E-state index in [0.717, 1.165) is 39.1 Å². The molecule has 1 radical (unpaired) electrons. The fraction of sp³-hybridized carbons (Fsp3) is 0.808. The van der Waals surface area contributed by atoms with Gasteiger partial charge in [-0.3, -0.25) is 0 Å². The number of nitrogens with zero attached hydrogens (tertiary/aromatic N) is 1. The molecule has 0 saturated carbocycles. The molecule has 0 aromatic carbocycles. The van der Waals surface area contributed by atoms with Gasteiger partial charge in [-0.1, -0.05) is 83.6 Å². The first-order valence-electron chi connectivity index (χ1n) is 12.2. The fourth-order valence-corrected chi connectivity index (χ4v) is 3.29. The van der Waals surface area contributed by atoms with E-state index >= 15 is 0 Å². The molecule has 0 heterocycles. The van der Waals surface area contributed by atoms with Gasteiger partial charge in [0.25, 0.3) is 0 Å².